The lowest BCUT2D eigenvalue weighted by atomic mass is 10.3. The summed E-state index contributed by atoms with van der Waals surface area (Å²) in [6.45, 7) is 4.16. The first kappa shape index (κ1) is 13.4. The molecule has 0 saturated heterocycles. The molecule has 0 fully saturated rings. The van der Waals surface area contributed by atoms with Crippen molar-refractivity contribution in [3.05, 3.63) is 0 Å². The molecule has 0 bridgehead atoms. The first-order chi connectivity index (χ1) is 6.08. The highest BCUT2D eigenvalue weighted by molar-refractivity contribution is 8.68. The van der Waals surface area contributed by atoms with Crippen LogP contribution in [0.25, 0.3) is 0 Å². The largest absolute Gasteiger partial charge is 0.330 e. The van der Waals surface area contributed by atoms with E-state index in [0.717, 1.165) is 6.42 Å². The number of nitrogens with zero attached hydrogens (tertiary/aromatic N) is 1. The summed E-state index contributed by atoms with van der Waals surface area (Å²) in [6.07, 6.45) is 4.65. The standard InChI is InChI=1S/C7H17N2OPS2/c1-5-7(2)8-6-9-11(12,10-3)13-4/h6-7H,5H2,1-4H3,(H,8,9,12). The van der Waals surface area contributed by atoms with Gasteiger partial charge in [-0.15, -0.1) is 0 Å². The Labute approximate surface area is 89.6 Å². The summed E-state index contributed by atoms with van der Waals surface area (Å²) < 4.78 is 5.19. The number of hydrogen-bond donors (Lipinski definition) is 1. The molecule has 0 aliphatic rings. The molecule has 2 unspecified atom stereocenters. The summed E-state index contributed by atoms with van der Waals surface area (Å²) >= 11 is 6.77. The zero-order chi connectivity index (χ0) is 10.3. The van der Waals surface area contributed by atoms with E-state index in [1.165, 1.54) is 11.4 Å². The van der Waals surface area contributed by atoms with Crippen LogP contribution in [-0.2, 0) is 16.3 Å². The van der Waals surface area contributed by atoms with Crippen LogP contribution in [0.5, 0.6) is 0 Å². The molecule has 0 radical (unpaired) electrons. The fourth-order valence-electron chi connectivity index (χ4n) is 0.517. The average Bonchev–Trinajstić information content (AvgIpc) is 2.17. The third-order valence-electron chi connectivity index (χ3n) is 1.62. The average molecular weight is 240 g/mol. The van der Waals surface area contributed by atoms with E-state index in [0.29, 0.717) is 6.04 Å². The predicted molar refractivity (Wildman–Crippen MR) is 66.2 cm³/mol. The van der Waals surface area contributed by atoms with Gasteiger partial charge in [-0.05, 0) is 31.4 Å². The first-order valence-corrected chi connectivity index (χ1v) is 8.64. The van der Waals surface area contributed by atoms with Crippen molar-refractivity contribution in [2.75, 3.05) is 13.4 Å². The van der Waals surface area contributed by atoms with Crippen LogP contribution in [-0.4, -0.2) is 25.7 Å². The van der Waals surface area contributed by atoms with Crippen molar-refractivity contribution in [2.24, 2.45) is 4.99 Å². The second-order valence-electron chi connectivity index (χ2n) is 2.53. The Hall–Kier alpha value is 0.430. The smallest absolute Gasteiger partial charge is 0.210 e. The molecule has 0 spiro atoms. The molecule has 6 heteroatoms. The van der Waals surface area contributed by atoms with E-state index in [-0.39, 0.29) is 0 Å². The summed E-state index contributed by atoms with van der Waals surface area (Å²) in [6, 6.07) is 0.342. The van der Waals surface area contributed by atoms with Crippen LogP contribution in [0, 0.1) is 0 Å². The van der Waals surface area contributed by atoms with Gasteiger partial charge in [-0.3, -0.25) is 4.99 Å². The maximum absolute atomic E-state index is 5.24. The fourth-order valence-corrected chi connectivity index (χ4v) is 2.13. The zero-order valence-corrected chi connectivity index (χ0v) is 11.0. The van der Waals surface area contributed by atoms with Crippen LogP contribution in [0.1, 0.15) is 20.3 Å². The molecule has 3 nitrogen and oxygen atoms in total. The van der Waals surface area contributed by atoms with Gasteiger partial charge >= 0.3 is 0 Å². The molecule has 0 saturated carbocycles. The molecule has 0 aromatic rings. The van der Waals surface area contributed by atoms with Crippen LogP contribution in [0.4, 0.5) is 0 Å². The third-order valence-corrected chi connectivity index (χ3v) is 7.32. The zero-order valence-electron chi connectivity index (χ0n) is 8.48. The van der Waals surface area contributed by atoms with Crippen LogP contribution < -0.4 is 5.09 Å². The van der Waals surface area contributed by atoms with Crippen molar-refractivity contribution >= 4 is 35.1 Å². The second-order valence-corrected chi connectivity index (χ2v) is 9.38. The molecule has 78 valence electrons. The Morgan fingerprint density at radius 2 is 2.38 bits per heavy atom. The van der Waals surface area contributed by atoms with Crippen molar-refractivity contribution in [1.29, 1.82) is 0 Å². The Morgan fingerprint density at radius 1 is 1.77 bits per heavy atom. The number of aliphatic imine (C=N–C) groups is 1. The minimum Gasteiger partial charge on any atom is -0.330 e. The maximum atomic E-state index is 5.24. The SMILES string of the molecule is CCC(C)N=CNP(=S)(OC)SC. The molecule has 2 atom stereocenters. The van der Waals surface area contributed by atoms with Crippen molar-refractivity contribution in [2.45, 2.75) is 26.3 Å². The van der Waals surface area contributed by atoms with Gasteiger partial charge in [0.25, 0.3) is 0 Å². The quantitative estimate of drug-likeness (QED) is 0.439. The molecule has 0 aromatic heterocycles. The van der Waals surface area contributed by atoms with E-state index in [2.05, 4.69) is 23.9 Å². The summed E-state index contributed by atoms with van der Waals surface area (Å²) in [5.41, 5.74) is -1.90. The second kappa shape index (κ2) is 6.82. The van der Waals surface area contributed by atoms with Gasteiger partial charge in [-0.1, -0.05) is 18.3 Å². The van der Waals surface area contributed by atoms with Crippen LogP contribution in [0.3, 0.4) is 0 Å². The van der Waals surface area contributed by atoms with Crippen LogP contribution in [0.15, 0.2) is 4.99 Å². The molecule has 0 aromatic carbocycles. The van der Waals surface area contributed by atoms with E-state index >= 15 is 0 Å². The predicted octanol–water partition coefficient (Wildman–Crippen LogP) is 2.64. The van der Waals surface area contributed by atoms with Crippen molar-refractivity contribution in [1.82, 2.24) is 5.09 Å². The maximum Gasteiger partial charge on any atom is 0.210 e. The van der Waals surface area contributed by atoms with Gasteiger partial charge in [0.05, 0.1) is 6.34 Å². The van der Waals surface area contributed by atoms with Gasteiger partial charge in [-0.25, -0.2) is 0 Å². The molecule has 0 aliphatic heterocycles. The summed E-state index contributed by atoms with van der Waals surface area (Å²) in [7, 11) is 1.63. The minimum absolute atomic E-state index is 0.342. The third kappa shape index (κ3) is 5.68. The van der Waals surface area contributed by atoms with E-state index in [9.17, 15) is 0 Å². The lowest BCUT2D eigenvalue weighted by Gasteiger charge is -2.16. The van der Waals surface area contributed by atoms with Gasteiger partial charge < -0.3 is 9.61 Å². The Morgan fingerprint density at radius 3 is 2.77 bits per heavy atom. The van der Waals surface area contributed by atoms with Crippen molar-refractivity contribution < 1.29 is 4.52 Å². The number of nitrogens with one attached hydrogen (secondary N) is 1. The van der Waals surface area contributed by atoms with E-state index in [1.807, 2.05) is 6.26 Å². The summed E-state index contributed by atoms with van der Waals surface area (Å²) in [5, 5.41) is 3.04. The van der Waals surface area contributed by atoms with E-state index in [1.54, 1.807) is 13.4 Å². The van der Waals surface area contributed by atoms with Crippen LogP contribution >= 0.6 is 17.0 Å². The molecular weight excluding hydrogens is 223 g/mol. The van der Waals surface area contributed by atoms with Gasteiger partial charge in [0.15, 0.2) is 0 Å². The molecule has 0 heterocycles. The number of hydrogen-bond acceptors (Lipinski definition) is 4. The summed E-state index contributed by atoms with van der Waals surface area (Å²) in [4.78, 5) is 4.26. The Kier molecular flexibility index (Phi) is 7.05. The van der Waals surface area contributed by atoms with Gasteiger partial charge in [0, 0.05) is 13.2 Å². The van der Waals surface area contributed by atoms with E-state index < -0.39 is 5.62 Å². The van der Waals surface area contributed by atoms with Crippen molar-refractivity contribution in [3.8, 4) is 0 Å². The molecule has 0 amide bonds. The lowest BCUT2D eigenvalue weighted by Crippen LogP contribution is -2.08. The fraction of sp³-hybridized carbons (Fsp3) is 0.857. The van der Waals surface area contributed by atoms with Crippen LogP contribution in [0.2, 0.25) is 0 Å². The number of rotatable bonds is 6. The molecule has 0 rings (SSSR count). The summed E-state index contributed by atoms with van der Waals surface area (Å²) in [5.74, 6) is 0. The first-order valence-electron chi connectivity index (χ1n) is 4.09. The molecule has 0 aliphatic carbocycles. The topological polar surface area (TPSA) is 33.6 Å². The van der Waals surface area contributed by atoms with E-state index in [4.69, 9.17) is 16.3 Å². The normalized spacial score (nSPS) is 18.5. The molecule has 13 heavy (non-hydrogen) atoms. The van der Waals surface area contributed by atoms with Gasteiger partial charge in [0.1, 0.15) is 0 Å². The highest BCUT2D eigenvalue weighted by Crippen LogP contribution is 2.53. The molecule has 1 N–H and O–H groups in total. The minimum atomic E-state index is -1.90. The van der Waals surface area contributed by atoms with Gasteiger partial charge in [-0.2, -0.15) is 0 Å². The lowest BCUT2D eigenvalue weighted by molar-refractivity contribution is 0.467. The Bertz CT molecular complexity index is 203. The van der Waals surface area contributed by atoms with Crippen molar-refractivity contribution in [3.63, 3.8) is 0 Å². The highest BCUT2D eigenvalue weighted by atomic mass is 32.9. The van der Waals surface area contributed by atoms with Gasteiger partial charge in [0.2, 0.25) is 5.62 Å². The monoisotopic (exact) mass is 240 g/mol. The molecular formula is C7H17N2OPS2. The Balaban J connectivity index is 3.99. The highest BCUT2D eigenvalue weighted by Gasteiger charge is 2.10.